The Morgan fingerprint density at radius 2 is 2.14 bits per heavy atom. The lowest BCUT2D eigenvalue weighted by Crippen LogP contribution is -2.29. The molecule has 0 aliphatic rings. The number of amides is 1. The van der Waals surface area contributed by atoms with Crippen LogP contribution in [0.25, 0.3) is 0 Å². The van der Waals surface area contributed by atoms with Gasteiger partial charge in [0.15, 0.2) is 0 Å². The molecule has 0 saturated heterocycles. The van der Waals surface area contributed by atoms with Gasteiger partial charge in [-0.05, 0) is 31.2 Å². The summed E-state index contributed by atoms with van der Waals surface area (Å²) in [6.45, 7) is 3.12. The molecule has 1 aromatic carbocycles. The molecule has 5 heteroatoms. The second-order valence-corrected chi connectivity index (χ2v) is 4.58. The molecule has 110 valence electrons. The van der Waals surface area contributed by atoms with Crippen LogP contribution in [0.2, 0.25) is 0 Å². The smallest absolute Gasteiger partial charge is 0.410 e. The minimum atomic E-state index is -0.362. The van der Waals surface area contributed by atoms with Gasteiger partial charge in [0, 0.05) is 31.5 Å². The molecule has 0 aliphatic heterocycles. The monoisotopic (exact) mass is 285 g/mol. The lowest BCUT2D eigenvalue weighted by molar-refractivity contribution is 0.165. The number of nitrogens with one attached hydrogen (secondary N) is 1. The second kappa shape index (κ2) is 7.28. The van der Waals surface area contributed by atoms with Crippen molar-refractivity contribution in [2.75, 3.05) is 18.9 Å². The Kier molecular flexibility index (Phi) is 5.15. The Balaban J connectivity index is 1.96. The zero-order valence-corrected chi connectivity index (χ0v) is 12.2. The molecule has 0 radical (unpaired) electrons. The van der Waals surface area contributed by atoms with Crippen LogP contribution in [0.4, 0.5) is 10.5 Å². The number of benzene rings is 1. The van der Waals surface area contributed by atoms with Crippen molar-refractivity contribution in [3.05, 3.63) is 54.4 Å². The Morgan fingerprint density at radius 3 is 2.86 bits per heavy atom. The van der Waals surface area contributed by atoms with Gasteiger partial charge in [0.25, 0.3) is 0 Å². The molecular formula is C16H19N3O2. The van der Waals surface area contributed by atoms with E-state index in [2.05, 4.69) is 10.3 Å². The van der Waals surface area contributed by atoms with Gasteiger partial charge in [-0.3, -0.25) is 4.98 Å². The van der Waals surface area contributed by atoms with Crippen LogP contribution in [0.15, 0.2) is 48.7 Å². The highest BCUT2D eigenvalue weighted by molar-refractivity contribution is 5.70. The molecule has 1 aromatic heterocycles. The molecular weight excluding hydrogens is 266 g/mol. The van der Waals surface area contributed by atoms with E-state index in [-0.39, 0.29) is 6.09 Å². The molecule has 0 aliphatic carbocycles. The van der Waals surface area contributed by atoms with E-state index in [0.29, 0.717) is 18.8 Å². The van der Waals surface area contributed by atoms with E-state index in [4.69, 9.17) is 4.74 Å². The second-order valence-electron chi connectivity index (χ2n) is 4.58. The maximum absolute atomic E-state index is 11.7. The highest BCUT2D eigenvalue weighted by atomic mass is 16.6. The number of hydrogen-bond donors (Lipinski definition) is 1. The van der Waals surface area contributed by atoms with Crippen LogP contribution < -0.4 is 10.1 Å². The van der Waals surface area contributed by atoms with Crippen molar-refractivity contribution in [3.63, 3.8) is 0 Å². The maximum Gasteiger partial charge on any atom is 0.414 e. The molecule has 1 amide bonds. The van der Waals surface area contributed by atoms with Crippen molar-refractivity contribution >= 4 is 11.8 Å². The van der Waals surface area contributed by atoms with E-state index in [9.17, 15) is 4.79 Å². The highest BCUT2D eigenvalue weighted by Crippen LogP contribution is 2.18. The van der Waals surface area contributed by atoms with Crippen LogP contribution in [0.3, 0.4) is 0 Å². The minimum Gasteiger partial charge on any atom is -0.410 e. The number of ether oxygens (including phenoxy) is 1. The van der Waals surface area contributed by atoms with Crippen LogP contribution in [0.5, 0.6) is 5.75 Å². The van der Waals surface area contributed by atoms with Gasteiger partial charge in [0.05, 0.1) is 12.2 Å². The van der Waals surface area contributed by atoms with Crippen LogP contribution in [-0.2, 0) is 6.54 Å². The summed E-state index contributed by atoms with van der Waals surface area (Å²) in [6.07, 6.45) is 1.40. The van der Waals surface area contributed by atoms with Crippen LogP contribution in [0, 0.1) is 0 Å². The Bertz CT molecular complexity index is 587. The Hall–Kier alpha value is -2.56. The molecule has 2 rings (SSSR count). The topological polar surface area (TPSA) is 54.5 Å². The first-order chi connectivity index (χ1) is 10.2. The summed E-state index contributed by atoms with van der Waals surface area (Å²) in [7, 11) is 1.70. The molecule has 1 heterocycles. The average molecular weight is 285 g/mol. The fourth-order valence-electron chi connectivity index (χ4n) is 1.67. The minimum absolute atomic E-state index is 0.362. The van der Waals surface area contributed by atoms with Crippen molar-refractivity contribution < 1.29 is 9.53 Å². The molecule has 0 bridgehead atoms. The third kappa shape index (κ3) is 4.49. The normalized spacial score (nSPS) is 10.0. The first-order valence-electron chi connectivity index (χ1n) is 6.86. The summed E-state index contributed by atoms with van der Waals surface area (Å²) in [5.74, 6) is 0.520. The summed E-state index contributed by atoms with van der Waals surface area (Å²) in [4.78, 5) is 17.5. The summed E-state index contributed by atoms with van der Waals surface area (Å²) in [5.41, 5.74) is 1.83. The van der Waals surface area contributed by atoms with E-state index in [1.165, 1.54) is 4.90 Å². The summed E-state index contributed by atoms with van der Waals surface area (Å²) >= 11 is 0. The van der Waals surface area contributed by atoms with Crippen LogP contribution >= 0.6 is 0 Å². The van der Waals surface area contributed by atoms with Gasteiger partial charge < -0.3 is 15.0 Å². The number of carbonyl (C=O) groups excluding carboxylic acids is 1. The van der Waals surface area contributed by atoms with Crippen LogP contribution in [-0.4, -0.2) is 29.6 Å². The molecule has 0 fully saturated rings. The van der Waals surface area contributed by atoms with E-state index < -0.39 is 0 Å². The fraction of sp³-hybridized carbons (Fsp3) is 0.250. The van der Waals surface area contributed by atoms with E-state index in [1.807, 2.05) is 37.3 Å². The molecule has 2 aromatic rings. The quantitative estimate of drug-likeness (QED) is 0.917. The maximum atomic E-state index is 11.7. The van der Waals surface area contributed by atoms with Gasteiger partial charge in [-0.25, -0.2) is 4.79 Å². The number of nitrogens with zero attached hydrogens (tertiary/aromatic N) is 2. The number of aromatic nitrogens is 1. The molecule has 1 N–H and O–H groups in total. The molecule has 0 unspecified atom stereocenters. The molecule has 0 spiro atoms. The fourth-order valence-corrected chi connectivity index (χ4v) is 1.67. The molecule has 5 nitrogen and oxygen atoms in total. The van der Waals surface area contributed by atoms with Gasteiger partial charge in [-0.15, -0.1) is 0 Å². The molecule has 0 atom stereocenters. The summed E-state index contributed by atoms with van der Waals surface area (Å²) < 4.78 is 5.29. The first-order valence-corrected chi connectivity index (χ1v) is 6.86. The number of hydrogen-bond acceptors (Lipinski definition) is 4. The van der Waals surface area contributed by atoms with E-state index in [0.717, 1.165) is 11.4 Å². The van der Waals surface area contributed by atoms with Gasteiger partial charge in [-0.1, -0.05) is 12.1 Å². The van der Waals surface area contributed by atoms with Gasteiger partial charge in [0.1, 0.15) is 5.75 Å². The Labute approximate surface area is 124 Å². The average Bonchev–Trinajstić information content (AvgIpc) is 2.53. The number of pyridine rings is 1. The zero-order valence-electron chi connectivity index (χ0n) is 12.2. The van der Waals surface area contributed by atoms with E-state index in [1.54, 1.807) is 25.4 Å². The molecule has 0 saturated carbocycles. The van der Waals surface area contributed by atoms with Crippen molar-refractivity contribution in [1.82, 2.24) is 9.88 Å². The zero-order chi connectivity index (χ0) is 15.1. The number of carbonyl (C=O) groups is 1. The van der Waals surface area contributed by atoms with E-state index >= 15 is 0 Å². The van der Waals surface area contributed by atoms with Gasteiger partial charge in [-0.2, -0.15) is 0 Å². The third-order valence-corrected chi connectivity index (χ3v) is 3.02. The van der Waals surface area contributed by atoms with Crippen molar-refractivity contribution in [2.24, 2.45) is 0 Å². The third-order valence-electron chi connectivity index (χ3n) is 3.02. The summed E-state index contributed by atoms with van der Waals surface area (Å²) in [5, 5.41) is 3.25. The predicted molar refractivity (Wildman–Crippen MR) is 82.3 cm³/mol. The van der Waals surface area contributed by atoms with Crippen LogP contribution in [0.1, 0.15) is 12.6 Å². The molecule has 21 heavy (non-hydrogen) atoms. The van der Waals surface area contributed by atoms with Gasteiger partial charge >= 0.3 is 6.09 Å². The first kappa shape index (κ1) is 14.8. The Morgan fingerprint density at radius 1 is 1.29 bits per heavy atom. The standard InChI is InChI=1S/C16H19N3O2/c1-3-19(2)16(20)21-15-9-6-8-13(11-15)18-12-14-7-4-5-10-17-14/h4-11,18H,3,12H2,1-2H3. The summed E-state index contributed by atoms with van der Waals surface area (Å²) in [6, 6.07) is 13.1. The van der Waals surface area contributed by atoms with Gasteiger partial charge in [0.2, 0.25) is 0 Å². The predicted octanol–water partition coefficient (Wildman–Crippen LogP) is 3.14. The highest BCUT2D eigenvalue weighted by Gasteiger charge is 2.09. The van der Waals surface area contributed by atoms with Crippen molar-refractivity contribution in [3.8, 4) is 5.75 Å². The lowest BCUT2D eigenvalue weighted by atomic mass is 10.3. The largest absolute Gasteiger partial charge is 0.414 e. The number of anilines is 1. The van der Waals surface area contributed by atoms with Crippen molar-refractivity contribution in [2.45, 2.75) is 13.5 Å². The van der Waals surface area contributed by atoms with Crippen molar-refractivity contribution in [1.29, 1.82) is 0 Å². The number of rotatable bonds is 5. The lowest BCUT2D eigenvalue weighted by Gasteiger charge is -2.14. The SMILES string of the molecule is CCN(C)C(=O)Oc1cccc(NCc2ccccn2)c1.